The summed E-state index contributed by atoms with van der Waals surface area (Å²) < 4.78 is 58.1. The normalized spacial score (nSPS) is 17.1. The number of sulfone groups is 1. The molecule has 1 aliphatic heterocycles. The topological polar surface area (TPSA) is 135 Å². The second kappa shape index (κ2) is 9.32. The van der Waals surface area contributed by atoms with E-state index in [1.54, 1.807) is 6.92 Å². The molecule has 34 heavy (non-hydrogen) atoms. The largest absolute Gasteiger partial charge is 0.480 e. The van der Waals surface area contributed by atoms with Crippen molar-refractivity contribution in [2.24, 2.45) is 0 Å². The molecule has 1 fully saturated rings. The quantitative estimate of drug-likeness (QED) is 0.495. The third kappa shape index (κ3) is 4.77. The van der Waals surface area contributed by atoms with Crippen molar-refractivity contribution < 1.29 is 31.2 Å². The Bertz CT molecular complexity index is 1400. The summed E-state index contributed by atoms with van der Waals surface area (Å²) in [7, 11) is -7.76. The number of sulfonamides is 1. The van der Waals surface area contributed by atoms with Crippen molar-refractivity contribution in [3.63, 3.8) is 0 Å². The Hall–Kier alpha value is -3.02. The second-order valence-corrected chi connectivity index (χ2v) is 12.0. The Balaban J connectivity index is 1.49. The van der Waals surface area contributed by atoms with Crippen molar-refractivity contribution in [1.82, 2.24) is 9.29 Å². The summed E-state index contributed by atoms with van der Waals surface area (Å²) in [5.41, 5.74) is 1.33. The first-order chi connectivity index (χ1) is 16.1. The Morgan fingerprint density at radius 2 is 1.71 bits per heavy atom. The lowest BCUT2D eigenvalue weighted by molar-refractivity contribution is -0.140. The summed E-state index contributed by atoms with van der Waals surface area (Å²) in [5, 5.41) is 9.29. The molecule has 3 aromatic rings. The standard InChI is InChI=1S/C23H24N2O7S2/c1-16-20(24-22(32-16)17-6-3-2-4-7-17)13-15-33(28,29)18-9-11-19(12-10-18)34(30,31)25-14-5-8-21(25)23(26)27/h2-4,6-7,9-12,21H,5,8,13-15H2,1H3,(H,26,27)/t21-/m1/s1. The predicted molar refractivity (Wildman–Crippen MR) is 123 cm³/mol. The van der Waals surface area contributed by atoms with Crippen LogP contribution in [-0.2, 0) is 31.1 Å². The number of carboxylic acids is 1. The van der Waals surface area contributed by atoms with E-state index >= 15 is 0 Å². The lowest BCUT2D eigenvalue weighted by Crippen LogP contribution is -2.40. The van der Waals surface area contributed by atoms with Crippen LogP contribution in [-0.4, -0.2) is 55.5 Å². The fraction of sp³-hybridized carbons (Fsp3) is 0.304. The summed E-state index contributed by atoms with van der Waals surface area (Å²) >= 11 is 0. The lowest BCUT2D eigenvalue weighted by Gasteiger charge is -2.21. The fourth-order valence-electron chi connectivity index (χ4n) is 3.94. The van der Waals surface area contributed by atoms with Gasteiger partial charge in [0.05, 0.1) is 21.2 Å². The van der Waals surface area contributed by atoms with Gasteiger partial charge in [0.1, 0.15) is 11.8 Å². The smallest absolute Gasteiger partial charge is 0.322 e. The number of rotatable bonds is 8. The molecular weight excluding hydrogens is 480 g/mol. The van der Waals surface area contributed by atoms with Gasteiger partial charge in [-0.05, 0) is 56.2 Å². The number of benzene rings is 2. The Kier molecular flexibility index (Phi) is 6.61. The first-order valence-corrected chi connectivity index (χ1v) is 13.8. The van der Waals surface area contributed by atoms with Crippen LogP contribution in [0, 0.1) is 6.92 Å². The predicted octanol–water partition coefficient (Wildman–Crippen LogP) is 2.90. The Morgan fingerprint density at radius 3 is 2.35 bits per heavy atom. The van der Waals surface area contributed by atoms with Crippen LogP contribution >= 0.6 is 0 Å². The number of carboxylic acid groups (broad SMARTS) is 1. The highest BCUT2D eigenvalue weighted by Crippen LogP contribution is 2.27. The van der Waals surface area contributed by atoms with Gasteiger partial charge in [0, 0.05) is 18.5 Å². The minimum Gasteiger partial charge on any atom is -0.480 e. The van der Waals surface area contributed by atoms with E-state index in [1.807, 2.05) is 30.3 Å². The highest BCUT2D eigenvalue weighted by atomic mass is 32.2. The Morgan fingerprint density at radius 1 is 1.06 bits per heavy atom. The van der Waals surface area contributed by atoms with Gasteiger partial charge in [0.25, 0.3) is 0 Å². The van der Waals surface area contributed by atoms with Gasteiger partial charge >= 0.3 is 5.97 Å². The summed E-state index contributed by atoms with van der Waals surface area (Å²) in [4.78, 5) is 15.6. The third-order valence-electron chi connectivity index (χ3n) is 5.80. The molecule has 0 saturated carbocycles. The van der Waals surface area contributed by atoms with Crippen LogP contribution in [0.2, 0.25) is 0 Å². The lowest BCUT2D eigenvalue weighted by atomic mass is 10.2. The molecule has 0 aliphatic carbocycles. The zero-order valence-corrected chi connectivity index (χ0v) is 20.0. The number of aliphatic carboxylic acids is 1. The molecular formula is C23H24N2O7S2. The van der Waals surface area contributed by atoms with Crippen LogP contribution in [0.5, 0.6) is 0 Å². The zero-order valence-electron chi connectivity index (χ0n) is 18.4. The summed E-state index contributed by atoms with van der Waals surface area (Å²) in [6, 6.07) is 13.0. The summed E-state index contributed by atoms with van der Waals surface area (Å²) in [6.45, 7) is 1.84. The number of oxazole rings is 1. The molecule has 1 aromatic heterocycles. The van der Waals surface area contributed by atoms with Gasteiger partial charge < -0.3 is 9.52 Å². The minimum atomic E-state index is -4.04. The molecule has 1 saturated heterocycles. The van der Waals surface area contributed by atoms with Gasteiger partial charge in [0.15, 0.2) is 9.84 Å². The molecule has 1 atom stereocenters. The molecule has 11 heteroatoms. The van der Waals surface area contributed by atoms with E-state index in [0.717, 1.165) is 9.87 Å². The van der Waals surface area contributed by atoms with Crippen LogP contribution < -0.4 is 0 Å². The van der Waals surface area contributed by atoms with Crippen LogP contribution in [0.25, 0.3) is 11.5 Å². The van der Waals surface area contributed by atoms with Crippen molar-refractivity contribution in [1.29, 1.82) is 0 Å². The maximum absolute atomic E-state index is 12.9. The molecule has 0 bridgehead atoms. The van der Waals surface area contributed by atoms with E-state index in [1.165, 1.54) is 24.3 Å². The number of hydrogen-bond acceptors (Lipinski definition) is 7. The van der Waals surface area contributed by atoms with Gasteiger partial charge in [-0.1, -0.05) is 18.2 Å². The number of hydrogen-bond donors (Lipinski definition) is 1. The van der Waals surface area contributed by atoms with E-state index in [9.17, 15) is 26.7 Å². The maximum Gasteiger partial charge on any atom is 0.322 e. The van der Waals surface area contributed by atoms with Gasteiger partial charge in [-0.2, -0.15) is 4.31 Å². The SMILES string of the molecule is Cc1oc(-c2ccccc2)nc1CCS(=O)(=O)c1ccc(S(=O)(=O)N2CCC[C@@H]2C(=O)O)cc1. The molecule has 2 aromatic carbocycles. The molecule has 9 nitrogen and oxygen atoms in total. The highest BCUT2D eigenvalue weighted by molar-refractivity contribution is 7.91. The van der Waals surface area contributed by atoms with Crippen LogP contribution in [0.4, 0.5) is 0 Å². The number of aromatic nitrogens is 1. The van der Waals surface area contributed by atoms with Crippen molar-refractivity contribution in [3.8, 4) is 11.5 Å². The molecule has 1 aliphatic rings. The van der Waals surface area contributed by atoms with Crippen LogP contribution in [0.1, 0.15) is 24.3 Å². The molecule has 0 amide bonds. The van der Waals surface area contributed by atoms with E-state index < -0.39 is 31.9 Å². The number of aryl methyl sites for hydroxylation is 2. The van der Waals surface area contributed by atoms with E-state index in [0.29, 0.717) is 23.8 Å². The van der Waals surface area contributed by atoms with Crippen LogP contribution in [0.3, 0.4) is 0 Å². The van der Waals surface area contributed by atoms with Crippen LogP contribution in [0.15, 0.2) is 68.8 Å². The molecule has 1 N–H and O–H groups in total. The van der Waals surface area contributed by atoms with Gasteiger partial charge in [-0.3, -0.25) is 4.79 Å². The first-order valence-electron chi connectivity index (χ1n) is 10.7. The molecule has 0 spiro atoms. The van der Waals surface area contributed by atoms with E-state index in [-0.39, 0.29) is 34.9 Å². The average Bonchev–Trinajstić information content (AvgIpc) is 3.46. The molecule has 180 valence electrons. The molecule has 0 radical (unpaired) electrons. The average molecular weight is 505 g/mol. The second-order valence-electron chi connectivity index (χ2n) is 8.04. The van der Waals surface area contributed by atoms with Crippen molar-refractivity contribution in [2.75, 3.05) is 12.3 Å². The zero-order chi connectivity index (χ0) is 24.5. The maximum atomic E-state index is 12.9. The van der Waals surface area contributed by atoms with Gasteiger partial charge in [-0.15, -0.1) is 0 Å². The highest BCUT2D eigenvalue weighted by Gasteiger charge is 2.39. The Labute approximate surface area is 198 Å². The van der Waals surface area contributed by atoms with Crippen molar-refractivity contribution >= 4 is 25.8 Å². The summed E-state index contributed by atoms with van der Waals surface area (Å²) in [5.74, 6) is -0.469. The van der Waals surface area contributed by atoms with Crippen molar-refractivity contribution in [2.45, 2.75) is 42.0 Å². The molecule has 0 unspecified atom stereocenters. The van der Waals surface area contributed by atoms with Gasteiger partial charge in [0.2, 0.25) is 15.9 Å². The fourth-order valence-corrected chi connectivity index (χ4v) is 6.84. The van der Waals surface area contributed by atoms with E-state index in [4.69, 9.17) is 4.42 Å². The first kappa shape index (κ1) is 24.1. The molecule has 4 rings (SSSR count). The number of carbonyl (C=O) groups is 1. The van der Waals surface area contributed by atoms with E-state index in [2.05, 4.69) is 4.98 Å². The molecule has 2 heterocycles. The van der Waals surface area contributed by atoms with Gasteiger partial charge in [-0.25, -0.2) is 21.8 Å². The minimum absolute atomic E-state index is 0.0212. The summed E-state index contributed by atoms with van der Waals surface area (Å²) in [6.07, 6.45) is 0.837. The number of nitrogens with zero attached hydrogens (tertiary/aromatic N) is 2. The third-order valence-corrected chi connectivity index (χ3v) is 9.45. The van der Waals surface area contributed by atoms with Crippen molar-refractivity contribution in [3.05, 3.63) is 66.1 Å². The monoisotopic (exact) mass is 504 g/mol.